The van der Waals surface area contributed by atoms with Crippen LogP contribution >= 0.6 is 0 Å². The molecule has 1 amide bonds. The van der Waals surface area contributed by atoms with Crippen molar-refractivity contribution in [1.29, 1.82) is 0 Å². The Balaban J connectivity index is 2.05. The Morgan fingerprint density at radius 1 is 1.41 bits per heavy atom. The summed E-state index contributed by atoms with van der Waals surface area (Å²) in [5, 5.41) is 6.10. The number of anilines is 1. The molecule has 0 atom stereocenters. The van der Waals surface area contributed by atoms with Crippen LogP contribution < -0.4 is 10.6 Å². The average Bonchev–Trinajstić information content (AvgIpc) is 2.28. The Labute approximate surface area is 103 Å². The van der Waals surface area contributed by atoms with Gasteiger partial charge in [0, 0.05) is 24.8 Å². The molecule has 0 saturated heterocycles. The van der Waals surface area contributed by atoms with E-state index in [1.54, 1.807) is 7.05 Å². The lowest BCUT2D eigenvalue weighted by molar-refractivity contribution is 0.0963. The molecule has 1 saturated carbocycles. The second-order valence-corrected chi connectivity index (χ2v) is 4.79. The molecule has 1 aliphatic rings. The van der Waals surface area contributed by atoms with E-state index < -0.39 is 0 Å². The SMILES string of the molecule is CNC(=O)c1ccc(C)c(NCC2CCC2)c1. The molecular weight excluding hydrogens is 212 g/mol. The minimum absolute atomic E-state index is 0.0308. The van der Waals surface area contributed by atoms with Crippen LogP contribution in [-0.4, -0.2) is 19.5 Å². The zero-order valence-electron chi connectivity index (χ0n) is 10.5. The zero-order chi connectivity index (χ0) is 12.3. The third kappa shape index (κ3) is 2.78. The topological polar surface area (TPSA) is 41.1 Å². The van der Waals surface area contributed by atoms with Crippen molar-refractivity contribution in [3.05, 3.63) is 29.3 Å². The van der Waals surface area contributed by atoms with Crippen molar-refractivity contribution in [2.45, 2.75) is 26.2 Å². The van der Waals surface area contributed by atoms with Crippen LogP contribution in [0.3, 0.4) is 0 Å². The van der Waals surface area contributed by atoms with E-state index in [0.29, 0.717) is 5.56 Å². The fraction of sp³-hybridized carbons (Fsp3) is 0.500. The Morgan fingerprint density at radius 3 is 2.76 bits per heavy atom. The average molecular weight is 232 g/mol. The van der Waals surface area contributed by atoms with Crippen molar-refractivity contribution < 1.29 is 4.79 Å². The molecular formula is C14H20N2O. The fourth-order valence-electron chi connectivity index (χ4n) is 2.05. The van der Waals surface area contributed by atoms with Gasteiger partial charge >= 0.3 is 0 Å². The summed E-state index contributed by atoms with van der Waals surface area (Å²) >= 11 is 0. The second-order valence-electron chi connectivity index (χ2n) is 4.79. The van der Waals surface area contributed by atoms with E-state index in [1.165, 1.54) is 24.8 Å². The predicted molar refractivity (Wildman–Crippen MR) is 70.4 cm³/mol. The summed E-state index contributed by atoms with van der Waals surface area (Å²) in [4.78, 5) is 11.5. The van der Waals surface area contributed by atoms with E-state index in [-0.39, 0.29) is 5.91 Å². The van der Waals surface area contributed by atoms with E-state index in [1.807, 2.05) is 18.2 Å². The van der Waals surface area contributed by atoms with Crippen molar-refractivity contribution in [2.75, 3.05) is 18.9 Å². The first-order valence-electron chi connectivity index (χ1n) is 6.27. The Morgan fingerprint density at radius 2 is 2.18 bits per heavy atom. The Hall–Kier alpha value is -1.51. The van der Waals surface area contributed by atoms with E-state index >= 15 is 0 Å². The smallest absolute Gasteiger partial charge is 0.251 e. The van der Waals surface area contributed by atoms with Gasteiger partial charge in [-0.15, -0.1) is 0 Å². The number of nitrogens with one attached hydrogen (secondary N) is 2. The van der Waals surface area contributed by atoms with Gasteiger partial charge in [-0.1, -0.05) is 12.5 Å². The lowest BCUT2D eigenvalue weighted by Crippen LogP contribution is -2.22. The highest BCUT2D eigenvalue weighted by molar-refractivity contribution is 5.95. The van der Waals surface area contributed by atoms with Gasteiger partial charge in [-0.05, 0) is 43.4 Å². The fourth-order valence-corrected chi connectivity index (χ4v) is 2.05. The summed E-state index contributed by atoms with van der Waals surface area (Å²) < 4.78 is 0. The highest BCUT2D eigenvalue weighted by Crippen LogP contribution is 2.27. The zero-order valence-corrected chi connectivity index (χ0v) is 10.5. The molecule has 1 fully saturated rings. The van der Waals surface area contributed by atoms with Gasteiger partial charge in [0.15, 0.2) is 0 Å². The van der Waals surface area contributed by atoms with Gasteiger partial charge in [-0.2, -0.15) is 0 Å². The largest absolute Gasteiger partial charge is 0.385 e. The maximum atomic E-state index is 11.5. The van der Waals surface area contributed by atoms with Crippen molar-refractivity contribution >= 4 is 11.6 Å². The van der Waals surface area contributed by atoms with Crippen molar-refractivity contribution in [3.63, 3.8) is 0 Å². The second kappa shape index (κ2) is 5.21. The molecule has 2 N–H and O–H groups in total. The lowest BCUT2D eigenvalue weighted by atomic mass is 9.85. The summed E-state index contributed by atoms with van der Waals surface area (Å²) in [5.41, 5.74) is 2.99. The molecule has 3 nitrogen and oxygen atoms in total. The molecule has 17 heavy (non-hydrogen) atoms. The minimum atomic E-state index is -0.0308. The van der Waals surface area contributed by atoms with Crippen LogP contribution in [0.4, 0.5) is 5.69 Å². The summed E-state index contributed by atoms with van der Waals surface area (Å²) in [6.07, 6.45) is 4.03. The molecule has 3 heteroatoms. The van der Waals surface area contributed by atoms with Crippen molar-refractivity contribution in [1.82, 2.24) is 5.32 Å². The van der Waals surface area contributed by atoms with Crippen molar-refractivity contribution in [2.24, 2.45) is 5.92 Å². The summed E-state index contributed by atoms with van der Waals surface area (Å²) in [6, 6.07) is 5.79. The number of hydrogen-bond donors (Lipinski definition) is 2. The number of aryl methyl sites for hydroxylation is 1. The Bertz CT molecular complexity index is 411. The maximum absolute atomic E-state index is 11.5. The molecule has 1 aromatic carbocycles. The molecule has 92 valence electrons. The Kier molecular flexibility index (Phi) is 3.67. The van der Waals surface area contributed by atoms with Crippen molar-refractivity contribution in [3.8, 4) is 0 Å². The quantitative estimate of drug-likeness (QED) is 0.837. The molecule has 0 heterocycles. The molecule has 1 aliphatic carbocycles. The van der Waals surface area contributed by atoms with E-state index in [4.69, 9.17) is 0 Å². The third-order valence-corrected chi connectivity index (χ3v) is 3.53. The first-order chi connectivity index (χ1) is 8.20. The lowest BCUT2D eigenvalue weighted by Gasteiger charge is -2.26. The predicted octanol–water partition coefficient (Wildman–Crippen LogP) is 2.57. The third-order valence-electron chi connectivity index (χ3n) is 3.53. The molecule has 0 unspecified atom stereocenters. The number of carbonyl (C=O) groups excluding carboxylic acids is 1. The molecule has 0 aromatic heterocycles. The van der Waals surface area contributed by atoms with Crippen LogP contribution in [-0.2, 0) is 0 Å². The molecule has 2 rings (SSSR count). The van der Waals surface area contributed by atoms with E-state index in [9.17, 15) is 4.79 Å². The minimum Gasteiger partial charge on any atom is -0.385 e. The molecule has 0 spiro atoms. The number of amides is 1. The van der Waals surface area contributed by atoms with E-state index in [0.717, 1.165) is 18.2 Å². The summed E-state index contributed by atoms with van der Waals surface area (Å²) in [5.74, 6) is 0.787. The number of hydrogen-bond acceptors (Lipinski definition) is 2. The number of rotatable bonds is 4. The maximum Gasteiger partial charge on any atom is 0.251 e. The molecule has 0 radical (unpaired) electrons. The van der Waals surface area contributed by atoms with Crippen LogP contribution in [0.25, 0.3) is 0 Å². The van der Waals surface area contributed by atoms with Gasteiger partial charge in [0.2, 0.25) is 0 Å². The molecule has 1 aromatic rings. The highest BCUT2D eigenvalue weighted by Gasteiger charge is 2.17. The van der Waals surface area contributed by atoms with Crippen LogP contribution in [0.2, 0.25) is 0 Å². The monoisotopic (exact) mass is 232 g/mol. The van der Waals surface area contributed by atoms with Gasteiger partial charge < -0.3 is 10.6 Å². The van der Waals surface area contributed by atoms with Gasteiger partial charge in [0.1, 0.15) is 0 Å². The summed E-state index contributed by atoms with van der Waals surface area (Å²) in [7, 11) is 1.66. The van der Waals surface area contributed by atoms with Crippen LogP contribution in [0, 0.1) is 12.8 Å². The van der Waals surface area contributed by atoms with Crippen LogP contribution in [0.15, 0.2) is 18.2 Å². The van der Waals surface area contributed by atoms with Gasteiger partial charge in [-0.3, -0.25) is 4.79 Å². The number of benzene rings is 1. The summed E-state index contributed by atoms with van der Waals surface area (Å²) in [6.45, 7) is 3.09. The first-order valence-corrected chi connectivity index (χ1v) is 6.27. The molecule has 0 bridgehead atoms. The van der Waals surface area contributed by atoms with Crippen LogP contribution in [0.5, 0.6) is 0 Å². The normalized spacial score (nSPS) is 15.2. The molecule has 0 aliphatic heterocycles. The van der Waals surface area contributed by atoms with Gasteiger partial charge in [0.25, 0.3) is 5.91 Å². The van der Waals surface area contributed by atoms with E-state index in [2.05, 4.69) is 17.6 Å². The number of carbonyl (C=O) groups is 1. The first kappa shape index (κ1) is 12.0. The highest BCUT2D eigenvalue weighted by atomic mass is 16.1. The van der Waals surface area contributed by atoms with Crippen LogP contribution in [0.1, 0.15) is 35.2 Å². The standard InChI is InChI=1S/C14H20N2O/c1-10-6-7-12(14(17)15-2)8-13(10)16-9-11-4-3-5-11/h6-8,11,16H,3-5,9H2,1-2H3,(H,15,17). The van der Waals surface area contributed by atoms with Gasteiger partial charge in [0.05, 0.1) is 0 Å². The van der Waals surface area contributed by atoms with Gasteiger partial charge in [-0.25, -0.2) is 0 Å².